The second-order valence-electron chi connectivity index (χ2n) is 3.54. The second-order valence-corrected chi connectivity index (χ2v) is 3.54. The first-order chi connectivity index (χ1) is 4.61. The van der Waals surface area contributed by atoms with Gasteiger partial charge in [-0.05, 0) is 5.41 Å². The van der Waals surface area contributed by atoms with Crippen LogP contribution < -0.4 is 29.6 Å². The van der Waals surface area contributed by atoms with E-state index in [4.69, 9.17) is 0 Å². The van der Waals surface area contributed by atoms with Gasteiger partial charge in [-0.25, -0.2) is 0 Å². The maximum Gasteiger partial charge on any atom is 1.00 e. The van der Waals surface area contributed by atoms with Crippen molar-refractivity contribution in [1.29, 1.82) is 0 Å². The van der Waals surface area contributed by atoms with E-state index in [1.807, 2.05) is 12.1 Å². The van der Waals surface area contributed by atoms with Crippen LogP contribution in [0.3, 0.4) is 0 Å². The van der Waals surface area contributed by atoms with Gasteiger partial charge in [0.25, 0.3) is 0 Å². The van der Waals surface area contributed by atoms with Gasteiger partial charge in [-0.1, -0.05) is 20.8 Å². The Morgan fingerprint density at radius 2 is 1.55 bits per heavy atom. The van der Waals surface area contributed by atoms with E-state index in [2.05, 4.69) is 39.0 Å². The van der Waals surface area contributed by atoms with E-state index in [0.29, 0.717) is 0 Å². The largest absolute Gasteiger partial charge is 1.00 e. The van der Waals surface area contributed by atoms with Crippen molar-refractivity contribution in [3.8, 4) is 0 Å². The van der Waals surface area contributed by atoms with Gasteiger partial charge in [0.1, 0.15) is 0 Å². The Balaban J connectivity index is 0.000001000. The standard InChI is InChI=1S/C10H13.Na/c1-10(2,3)9-7-5-4-6-8-9;/h5-8H,1-3H3;/q-1;+1. The van der Waals surface area contributed by atoms with Crippen LogP contribution in [-0.2, 0) is 5.41 Å². The van der Waals surface area contributed by atoms with Gasteiger partial charge in [-0.3, -0.25) is 0 Å². The van der Waals surface area contributed by atoms with Gasteiger partial charge < -0.3 is 0 Å². The zero-order valence-electron chi connectivity index (χ0n) is 7.81. The van der Waals surface area contributed by atoms with Crippen molar-refractivity contribution in [1.82, 2.24) is 0 Å². The van der Waals surface area contributed by atoms with Crippen molar-refractivity contribution in [2.75, 3.05) is 0 Å². The third kappa shape index (κ3) is 3.42. The minimum Gasteiger partial charge on any atom is -0.184 e. The Labute approximate surface area is 91.3 Å². The molecular formula is C10H13Na. The van der Waals surface area contributed by atoms with Gasteiger partial charge in [-0.2, -0.15) is 35.9 Å². The Kier molecular flexibility index (Phi) is 4.38. The van der Waals surface area contributed by atoms with E-state index in [0.717, 1.165) is 0 Å². The van der Waals surface area contributed by atoms with Crippen molar-refractivity contribution in [3.63, 3.8) is 0 Å². The number of benzene rings is 1. The van der Waals surface area contributed by atoms with Gasteiger partial charge in [0.15, 0.2) is 0 Å². The topological polar surface area (TPSA) is 0 Å². The molecule has 0 spiro atoms. The molecule has 1 rings (SSSR count). The van der Waals surface area contributed by atoms with Crippen LogP contribution in [-0.4, -0.2) is 0 Å². The Morgan fingerprint density at radius 1 is 1.09 bits per heavy atom. The average Bonchev–Trinajstić information content (AvgIpc) is 1.88. The van der Waals surface area contributed by atoms with Gasteiger partial charge in [0.05, 0.1) is 0 Å². The van der Waals surface area contributed by atoms with Gasteiger partial charge in [0.2, 0.25) is 0 Å². The molecular weight excluding hydrogens is 143 g/mol. The fourth-order valence-corrected chi connectivity index (χ4v) is 0.887. The molecule has 0 aromatic heterocycles. The minimum absolute atomic E-state index is 0. The van der Waals surface area contributed by atoms with Crippen molar-refractivity contribution >= 4 is 0 Å². The summed E-state index contributed by atoms with van der Waals surface area (Å²) in [5.74, 6) is 0. The molecule has 0 atom stereocenters. The molecule has 11 heavy (non-hydrogen) atoms. The summed E-state index contributed by atoms with van der Waals surface area (Å²) in [6, 6.07) is 11.1. The molecule has 0 heterocycles. The predicted octanol–water partition coefficient (Wildman–Crippen LogP) is -0.212. The summed E-state index contributed by atoms with van der Waals surface area (Å²) in [5.41, 5.74) is 1.64. The van der Waals surface area contributed by atoms with Crippen molar-refractivity contribution in [3.05, 3.63) is 35.9 Å². The van der Waals surface area contributed by atoms with Crippen LogP contribution in [0.1, 0.15) is 26.3 Å². The number of hydrogen-bond donors (Lipinski definition) is 0. The SMILES string of the molecule is CC(C)(C)c1cc[c-]cc1.[Na+]. The molecule has 1 heteroatoms. The quantitative estimate of drug-likeness (QED) is 0.360. The molecule has 0 nitrogen and oxygen atoms in total. The predicted molar refractivity (Wildman–Crippen MR) is 44.0 cm³/mol. The van der Waals surface area contributed by atoms with Crippen LogP contribution >= 0.6 is 0 Å². The summed E-state index contributed by atoms with van der Waals surface area (Å²) in [4.78, 5) is 0. The van der Waals surface area contributed by atoms with Gasteiger partial charge in [0, 0.05) is 0 Å². The summed E-state index contributed by atoms with van der Waals surface area (Å²) >= 11 is 0. The first-order valence-electron chi connectivity index (χ1n) is 3.57. The first-order valence-corrected chi connectivity index (χ1v) is 3.57. The third-order valence-corrected chi connectivity index (χ3v) is 1.58. The summed E-state index contributed by atoms with van der Waals surface area (Å²) in [6.45, 7) is 6.63. The molecule has 0 saturated carbocycles. The molecule has 54 valence electrons. The number of rotatable bonds is 0. The van der Waals surface area contributed by atoms with E-state index < -0.39 is 0 Å². The fourth-order valence-electron chi connectivity index (χ4n) is 0.887. The van der Waals surface area contributed by atoms with Crippen molar-refractivity contribution in [2.24, 2.45) is 0 Å². The molecule has 0 bridgehead atoms. The summed E-state index contributed by atoms with van der Waals surface area (Å²) < 4.78 is 0. The molecule has 0 unspecified atom stereocenters. The molecule has 1 aromatic rings. The minimum atomic E-state index is 0. The monoisotopic (exact) mass is 156 g/mol. The smallest absolute Gasteiger partial charge is 0.184 e. The van der Waals surface area contributed by atoms with Crippen molar-refractivity contribution in [2.45, 2.75) is 26.2 Å². The third-order valence-electron chi connectivity index (χ3n) is 1.58. The molecule has 0 saturated heterocycles. The maximum atomic E-state index is 3.00. The van der Waals surface area contributed by atoms with E-state index in [9.17, 15) is 0 Å². The first kappa shape index (κ1) is 11.2. The molecule has 0 N–H and O–H groups in total. The molecule has 1 aromatic carbocycles. The molecule has 0 amide bonds. The Hall–Kier alpha value is 0.220. The molecule has 0 aliphatic carbocycles. The molecule has 0 aliphatic rings. The van der Waals surface area contributed by atoms with E-state index in [1.165, 1.54) is 5.56 Å². The average molecular weight is 156 g/mol. The Morgan fingerprint density at radius 3 is 1.82 bits per heavy atom. The van der Waals surface area contributed by atoms with Crippen LogP contribution in [0.2, 0.25) is 0 Å². The van der Waals surface area contributed by atoms with E-state index >= 15 is 0 Å². The van der Waals surface area contributed by atoms with Crippen LogP contribution in [0.4, 0.5) is 0 Å². The van der Waals surface area contributed by atoms with E-state index in [-0.39, 0.29) is 35.0 Å². The summed E-state index contributed by atoms with van der Waals surface area (Å²) in [7, 11) is 0. The van der Waals surface area contributed by atoms with Crippen LogP contribution in [0.25, 0.3) is 0 Å². The van der Waals surface area contributed by atoms with Gasteiger partial charge >= 0.3 is 29.6 Å². The normalized spacial score (nSPS) is 10.5. The zero-order chi connectivity index (χ0) is 7.61. The second kappa shape index (κ2) is 4.30. The molecule has 0 aliphatic heterocycles. The van der Waals surface area contributed by atoms with Crippen LogP contribution in [0.15, 0.2) is 24.3 Å². The van der Waals surface area contributed by atoms with Crippen LogP contribution in [0.5, 0.6) is 0 Å². The number of hydrogen-bond acceptors (Lipinski definition) is 0. The van der Waals surface area contributed by atoms with Crippen molar-refractivity contribution < 1.29 is 29.6 Å². The molecule has 0 fully saturated rings. The maximum absolute atomic E-state index is 3.00. The van der Waals surface area contributed by atoms with Gasteiger partial charge in [-0.15, -0.1) is 0 Å². The summed E-state index contributed by atoms with van der Waals surface area (Å²) in [5, 5.41) is 0. The van der Waals surface area contributed by atoms with Crippen LogP contribution in [0, 0.1) is 6.07 Å². The Bertz CT molecular complexity index is 196. The fraction of sp³-hybridized carbons (Fsp3) is 0.400. The van der Waals surface area contributed by atoms with E-state index in [1.54, 1.807) is 0 Å². The zero-order valence-corrected chi connectivity index (χ0v) is 9.81. The summed E-state index contributed by atoms with van der Waals surface area (Å²) in [6.07, 6.45) is 0. The molecule has 0 radical (unpaired) electrons.